The van der Waals surface area contributed by atoms with E-state index < -0.39 is 5.82 Å². The van der Waals surface area contributed by atoms with Crippen molar-refractivity contribution in [2.45, 2.75) is 40.8 Å². The summed E-state index contributed by atoms with van der Waals surface area (Å²) in [6.07, 6.45) is 5.59. The van der Waals surface area contributed by atoms with Gasteiger partial charge in [0.15, 0.2) is 29.0 Å². The number of rotatable bonds is 8. The monoisotopic (exact) mass is 755 g/mol. The molecule has 0 spiro atoms. The molecule has 15 nitrogen and oxygen atoms in total. The van der Waals surface area contributed by atoms with Crippen LogP contribution in [0.5, 0.6) is 0 Å². The Hall–Kier alpha value is -7.24. The van der Waals surface area contributed by atoms with E-state index in [2.05, 4.69) is 45.4 Å². The molecule has 55 heavy (non-hydrogen) atoms. The third kappa shape index (κ3) is 10.7. The lowest BCUT2D eigenvalue weighted by Crippen LogP contribution is -2.04. The van der Waals surface area contributed by atoms with Crippen LogP contribution in [0.4, 0.5) is 25.4 Å². The Balaban J connectivity index is 0.000000262. The lowest BCUT2D eigenvalue weighted by atomic mass is 10.2. The molecule has 0 aliphatic rings. The summed E-state index contributed by atoms with van der Waals surface area (Å²) >= 11 is 0. The molecule has 0 aliphatic heterocycles. The van der Waals surface area contributed by atoms with E-state index in [1.54, 1.807) is 39.8 Å². The van der Waals surface area contributed by atoms with Crippen molar-refractivity contribution in [1.29, 1.82) is 0 Å². The Morgan fingerprint density at radius 2 is 1.22 bits per heavy atom. The standard InChI is InChI=1S/C17H13FN6O.C16H13N7O.2C2H6.2FH/c18-12-9-20-17(21-16(12)19)14-8-15(13-6-7-25-23-13)24(22-14)10-11-4-2-1-3-5-11;17-13-6-8-18-14(19-13)15-20-16(12-7-9-24-22-12)23(21-15)10-11-4-2-1-3-5-11;2*1-2;;/h1-9H,10H2,(H2,19,20,21);1-9H,10H2,(H2,17,18,19);2*1-2H3;2*1H. The topological polar surface area (TPSA) is 204 Å². The molecular weight excluding hydrogens is 715 g/mol. The van der Waals surface area contributed by atoms with Crippen LogP contribution in [0.2, 0.25) is 0 Å². The third-order valence-electron chi connectivity index (χ3n) is 7.05. The molecule has 2 aromatic carbocycles. The average molecular weight is 756 g/mol. The number of anilines is 2. The van der Waals surface area contributed by atoms with Gasteiger partial charge in [0, 0.05) is 18.3 Å². The molecule has 0 saturated heterocycles. The van der Waals surface area contributed by atoms with E-state index in [9.17, 15) is 4.39 Å². The first-order valence-electron chi connectivity index (χ1n) is 16.8. The largest absolute Gasteiger partial charge is 0.384 e. The molecule has 0 amide bonds. The Kier molecular flexibility index (Phi) is 15.9. The molecule has 0 saturated carbocycles. The molecule has 6 aromatic heterocycles. The van der Waals surface area contributed by atoms with E-state index in [1.165, 1.54) is 12.5 Å². The number of halogens is 3. The van der Waals surface area contributed by atoms with Crippen LogP contribution in [-0.4, -0.2) is 54.8 Å². The normalized spacial score (nSPS) is 9.91. The number of hydrogen-bond acceptors (Lipinski definition) is 13. The van der Waals surface area contributed by atoms with Crippen molar-refractivity contribution in [3.05, 3.63) is 127 Å². The Labute approximate surface area is 314 Å². The first kappa shape index (κ1) is 42.2. The predicted octanol–water partition coefficient (Wildman–Crippen LogP) is 7.14. The van der Waals surface area contributed by atoms with Crippen molar-refractivity contribution in [3.8, 4) is 46.1 Å². The van der Waals surface area contributed by atoms with Gasteiger partial charge in [0.25, 0.3) is 0 Å². The van der Waals surface area contributed by atoms with E-state index in [-0.39, 0.29) is 21.1 Å². The van der Waals surface area contributed by atoms with Crippen LogP contribution in [-0.2, 0) is 13.1 Å². The number of nitrogens with two attached hydrogens (primary N) is 2. The van der Waals surface area contributed by atoms with Crippen LogP contribution >= 0.6 is 0 Å². The van der Waals surface area contributed by atoms with E-state index in [4.69, 9.17) is 20.5 Å². The summed E-state index contributed by atoms with van der Waals surface area (Å²) in [7, 11) is 0. The minimum Gasteiger partial charge on any atom is -0.384 e. The van der Waals surface area contributed by atoms with Crippen LogP contribution in [0.3, 0.4) is 0 Å². The smallest absolute Gasteiger partial charge is 0.219 e. The van der Waals surface area contributed by atoms with E-state index in [0.717, 1.165) is 23.0 Å². The molecule has 8 aromatic rings. The van der Waals surface area contributed by atoms with Gasteiger partial charge in [0.1, 0.15) is 29.7 Å². The number of benzene rings is 2. The highest BCUT2D eigenvalue weighted by atomic mass is 19.1. The molecule has 0 aliphatic carbocycles. The maximum Gasteiger partial charge on any atom is 0.219 e. The average Bonchev–Trinajstić information content (AvgIpc) is 4.04. The summed E-state index contributed by atoms with van der Waals surface area (Å²) in [5.74, 6) is 1.06. The predicted molar refractivity (Wildman–Crippen MR) is 203 cm³/mol. The Bertz CT molecular complexity index is 2280. The van der Waals surface area contributed by atoms with Crippen LogP contribution < -0.4 is 11.5 Å². The Morgan fingerprint density at radius 3 is 1.78 bits per heavy atom. The zero-order valence-electron chi connectivity index (χ0n) is 30.4. The van der Waals surface area contributed by atoms with Crippen molar-refractivity contribution < 1.29 is 22.8 Å². The minimum atomic E-state index is -0.663. The second-order valence-corrected chi connectivity index (χ2v) is 10.5. The van der Waals surface area contributed by atoms with Crippen molar-refractivity contribution in [3.63, 3.8) is 0 Å². The molecule has 18 heteroatoms. The summed E-state index contributed by atoms with van der Waals surface area (Å²) in [5, 5.41) is 17.0. The van der Waals surface area contributed by atoms with Crippen LogP contribution in [0, 0.1) is 5.82 Å². The van der Waals surface area contributed by atoms with Crippen LogP contribution in [0.15, 0.2) is 119 Å². The van der Waals surface area contributed by atoms with Crippen LogP contribution in [0.25, 0.3) is 46.1 Å². The second kappa shape index (κ2) is 20.7. The number of nitrogen functional groups attached to an aromatic ring is 2. The first-order chi connectivity index (χ1) is 26.0. The van der Waals surface area contributed by atoms with Gasteiger partial charge in [0.05, 0.1) is 25.0 Å². The van der Waals surface area contributed by atoms with Gasteiger partial charge in [-0.1, -0.05) is 98.7 Å². The second-order valence-electron chi connectivity index (χ2n) is 10.5. The zero-order valence-corrected chi connectivity index (χ0v) is 30.4. The van der Waals surface area contributed by atoms with Crippen molar-refractivity contribution in [2.24, 2.45) is 0 Å². The van der Waals surface area contributed by atoms with Gasteiger partial charge in [-0.15, -0.1) is 5.10 Å². The molecular formula is C37H40F3N13O2. The highest BCUT2D eigenvalue weighted by Gasteiger charge is 2.19. The van der Waals surface area contributed by atoms with Gasteiger partial charge in [-0.2, -0.15) is 5.10 Å². The molecule has 0 radical (unpaired) electrons. The van der Waals surface area contributed by atoms with Gasteiger partial charge in [-0.05, 0) is 23.3 Å². The highest BCUT2D eigenvalue weighted by molar-refractivity contribution is 5.63. The molecule has 0 fully saturated rings. The maximum atomic E-state index is 13.3. The van der Waals surface area contributed by atoms with Crippen molar-refractivity contribution >= 4 is 11.6 Å². The summed E-state index contributed by atoms with van der Waals surface area (Å²) in [6, 6.07) is 26.7. The van der Waals surface area contributed by atoms with Gasteiger partial charge >= 0.3 is 0 Å². The number of aromatic nitrogens is 11. The van der Waals surface area contributed by atoms with Gasteiger partial charge in [-0.25, -0.2) is 34.0 Å². The fourth-order valence-electron chi connectivity index (χ4n) is 4.76. The van der Waals surface area contributed by atoms with Crippen molar-refractivity contribution in [1.82, 2.24) is 54.8 Å². The first-order valence-corrected chi connectivity index (χ1v) is 16.8. The molecule has 286 valence electrons. The molecule has 0 atom stereocenters. The quantitative estimate of drug-likeness (QED) is 0.158. The van der Waals surface area contributed by atoms with E-state index in [1.807, 2.05) is 88.4 Å². The molecule has 0 unspecified atom stereocenters. The highest BCUT2D eigenvalue weighted by Crippen LogP contribution is 2.25. The SMILES string of the molecule is CC.CC.F.F.Nc1ccnc(-c2nc(-c3ccon3)n(Cc3ccccc3)n2)n1.Nc1nc(-c2cc(-c3ccon3)n(Cc3ccccc3)n2)ncc1F. The fraction of sp³-hybridized carbons (Fsp3) is 0.162. The lowest BCUT2D eigenvalue weighted by Gasteiger charge is -2.05. The van der Waals surface area contributed by atoms with E-state index in [0.29, 0.717) is 53.5 Å². The number of nitrogens with zero attached hydrogens (tertiary/aromatic N) is 11. The van der Waals surface area contributed by atoms with Gasteiger partial charge < -0.3 is 20.5 Å². The molecule has 0 bridgehead atoms. The lowest BCUT2D eigenvalue weighted by molar-refractivity contribution is 0.421. The summed E-state index contributed by atoms with van der Waals surface area (Å²) in [5.41, 5.74) is 15.8. The summed E-state index contributed by atoms with van der Waals surface area (Å²) in [6.45, 7) is 9.07. The molecule has 6 heterocycles. The fourth-order valence-corrected chi connectivity index (χ4v) is 4.76. The van der Waals surface area contributed by atoms with E-state index >= 15 is 0 Å². The molecule has 4 N–H and O–H groups in total. The van der Waals surface area contributed by atoms with Gasteiger partial charge in [0.2, 0.25) is 11.6 Å². The summed E-state index contributed by atoms with van der Waals surface area (Å²) in [4.78, 5) is 20.8. The minimum absolute atomic E-state index is 0. The van der Waals surface area contributed by atoms with Gasteiger partial charge in [-0.3, -0.25) is 14.1 Å². The zero-order chi connectivity index (χ0) is 37.6. The Morgan fingerprint density at radius 1 is 0.618 bits per heavy atom. The van der Waals surface area contributed by atoms with Crippen molar-refractivity contribution in [2.75, 3.05) is 11.5 Å². The summed E-state index contributed by atoms with van der Waals surface area (Å²) < 4.78 is 26.7. The van der Waals surface area contributed by atoms with Crippen LogP contribution in [0.1, 0.15) is 38.8 Å². The third-order valence-corrected chi connectivity index (χ3v) is 7.05. The molecule has 8 rings (SSSR count). The maximum absolute atomic E-state index is 13.3. The number of hydrogen-bond donors (Lipinski definition) is 2.